The van der Waals surface area contributed by atoms with Crippen LogP contribution in [0.3, 0.4) is 0 Å². The number of fused-ring (bicyclic) bond motifs is 1. The Hall–Kier alpha value is -0.120. The Balaban J connectivity index is 1.97. The maximum absolute atomic E-state index is 9.65. The van der Waals surface area contributed by atoms with Gasteiger partial charge in [0.2, 0.25) is 0 Å². The minimum absolute atomic E-state index is 0.131. The summed E-state index contributed by atoms with van der Waals surface area (Å²) in [5.74, 6) is 0.928. The van der Waals surface area contributed by atoms with Gasteiger partial charge in [-0.15, -0.1) is 0 Å². The highest BCUT2D eigenvalue weighted by Gasteiger charge is 2.36. The second kappa shape index (κ2) is 6.36. The van der Waals surface area contributed by atoms with Crippen LogP contribution in [0, 0.1) is 5.92 Å². The molecule has 0 radical (unpaired) electrons. The van der Waals surface area contributed by atoms with E-state index in [1.165, 1.54) is 45.1 Å². The van der Waals surface area contributed by atoms with Crippen LogP contribution in [0.2, 0.25) is 0 Å². The first-order valence-electron chi connectivity index (χ1n) is 7.78. The van der Waals surface area contributed by atoms with E-state index < -0.39 is 0 Å². The smallest absolute Gasteiger partial charge is 0.0623 e. The van der Waals surface area contributed by atoms with Crippen LogP contribution >= 0.6 is 0 Å². The number of aliphatic hydroxyl groups excluding tert-OH is 1. The Labute approximate surface area is 112 Å². The number of nitrogens with zero attached hydrogens (tertiary/aromatic N) is 1. The van der Waals surface area contributed by atoms with Crippen LogP contribution in [-0.2, 0) is 0 Å². The van der Waals surface area contributed by atoms with Gasteiger partial charge in [0, 0.05) is 12.6 Å². The zero-order valence-corrected chi connectivity index (χ0v) is 12.1. The third-order valence-electron chi connectivity index (χ3n) is 4.86. The molecule has 18 heavy (non-hydrogen) atoms. The summed E-state index contributed by atoms with van der Waals surface area (Å²) in [6.45, 7) is 7.66. The van der Waals surface area contributed by atoms with Crippen LogP contribution in [0.25, 0.3) is 0 Å². The molecule has 3 nitrogen and oxygen atoms in total. The lowest BCUT2D eigenvalue weighted by Gasteiger charge is -2.47. The van der Waals surface area contributed by atoms with Crippen LogP contribution in [0.1, 0.15) is 52.4 Å². The minimum Gasteiger partial charge on any atom is -0.394 e. The quantitative estimate of drug-likeness (QED) is 0.788. The van der Waals surface area contributed by atoms with E-state index in [1.807, 2.05) is 0 Å². The zero-order valence-electron chi connectivity index (χ0n) is 12.1. The number of hydrogen-bond donors (Lipinski definition) is 2. The van der Waals surface area contributed by atoms with Crippen molar-refractivity contribution in [2.24, 2.45) is 5.92 Å². The van der Waals surface area contributed by atoms with E-state index in [1.54, 1.807) is 0 Å². The van der Waals surface area contributed by atoms with Crippen molar-refractivity contribution in [2.45, 2.75) is 64.0 Å². The van der Waals surface area contributed by atoms with Crippen molar-refractivity contribution >= 4 is 0 Å². The van der Waals surface area contributed by atoms with E-state index in [9.17, 15) is 5.11 Å². The van der Waals surface area contributed by atoms with Crippen LogP contribution in [0.15, 0.2) is 0 Å². The molecule has 0 bridgehead atoms. The summed E-state index contributed by atoms with van der Waals surface area (Å²) in [5.41, 5.74) is -0.131. The molecule has 1 saturated carbocycles. The number of likely N-dealkylation sites (N-methyl/N-ethyl adjacent to an activating group) is 1. The van der Waals surface area contributed by atoms with Crippen LogP contribution in [0.4, 0.5) is 0 Å². The highest BCUT2D eigenvalue weighted by molar-refractivity contribution is 4.93. The molecule has 3 unspecified atom stereocenters. The van der Waals surface area contributed by atoms with Crippen molar-refractivity contribution in [1.82, 2.24) is 10.2 Å². The van der Waals surface area contributed by atoms with Crippen molar-refractivity contribution in [3.8, 4) is 0 Å². The molecule has 0 spiro atoms. The largest absolute Gasteiger partial charge is 0.394 e. The number of hydrogen-bond acceptors (Lipinski definition) is 3. The number of rotatable bonds is 5. The SMILES string of the molecule is CCNC(C)(CO)CN1CCCC2CCCCC21. The summed E-state index contributed by atoms with van der Waals surface area (Å²) in [6.07, 6.45) is 8.40. The maximum atomic E-state index is 9.65. The molecule has 0 aromatic heterocycles. The molecule has 1 saturated heterocycles. The van der Waals surface area contributed by atoms with Gasteiger partial charge in [0.25, 0.3) is 0 Å². The molecule has 0 aromatic rings. The summed E-state index contributed by atoms with van der Waals surface area (Å²) in [6, 6.07) is 0.789. The van der Waals surface area contributed by atoms with Crippen LogP contribution in [-0.4, -0.2) is 47.8 Å². The number of aliphatic hydroxyl groups is 1. The molecule has 2 rings (SSSR count). The minimum atomic E-state index is -0.131. The molecule has 1 aliphatic carbocycles. The molecule has 106 valence electrons. The highest BCUT2D eigenvalue weighted by Crippen LogP contribution is 2.35. The molecule has 1 heterocycles. The summed E-state index contributed by atoms with van der Waals surface area (Å²) < 4.78 is 0. The van der Waals surface area contributed by atoms with Crippen molar-refractivity contribution in [3.05, 3.63) is 0 Å². The lowest BCUT2D eigenvalue weighted by Crippen LogP contribution is -2.58. The van der Waals surface area contributed by atoms with E-state index >= 15 is 0 Å². The van der Waals surface area contributed by atoms with E-state index in [4.69, 9.17) is 0 Å². The fourth-order valence-electron chi connectivity index (χ4n) is 3.96. The topological polar surface area (TPSA) is 35.5 Å². The third kappa shape index (κ3) is 3.25. The second-order valence-electron chi connectivity index (χ2n) is 6.47. The second-order valence-corrected chi connectivity index (χ2v) is 6.47. The van der Waals surface area contributed by atoms with Gasteiger partial charge >= 0.3 is 0 Å². The first-order valence-corrected chi connectivity index (χ1v) is 7.78. The Kier molecular flexibility index (Phi) is 5.05. The Morgan fingerprint density at radius 2 is 1.94 bits per heavy atom. The van der Waals surface area contributed by atoms with Gasteiger partial charge in [-0.3, -0.25) is 4.90 Å². The molecule has 3 heteroatoms. The Morgan fingerprint density at radius 3 is 2.67 bits per heavy atom. The molecule has 2 fully saturated rings. The van der Waals surface area contributed by atoms with Gasteiger partial charge in [-0.1, -0.05) is 19.8 Å². The van der Waals surface area contributed by atoms with E-state index in [0.29, 0.717) is 0 Å². The predicted molar refractivity (Wildman–Crippen MR) is 75.7 cm³/mol. The first kappa shape index (κ1) is 14.3. The van der Waals surface area contributed by atoms with Gasteiger partial charge in [-0.05, 0) is 51.6 Å². The average molecular weight is 254 g/mol. The number of likely N-dealkylation sites (tertiary alicyclic amines) is 1. The number of nitrogens with one attached hydrogen (secondary N) is 1. The fraction of sp³-hybridized carbons (Fsp3) is 1.00. The van der Waals surface area contributed by atoms with Crippen LogP contribution < -0.4 is 5.32 Å². The van der Waals surface area contributed by atoms with Gasteiger partial charge in [0.15, 0.2) is 0 Å². The number of piperidine rings is 1. The standard InChI is InChI=1S/C15H30N2O/c1-3-16-15(2,12-18)11-17-10-6-8-13-7-4-5-9-14(13)17/h13-14,16,18H,3-12H2,1-2H3. The van der Waals surface area contributed by atoms with Crippen LogP contribution in [0.5, 0.6) is 0 Å². The molecule has 0 aromatic carbocycles. The fourth-order valence-corrected chi connectivity index (χ4v) is 3.96. The van der Waals surface area contributed by atoms with Gasteiger partial charge in [-0.2, -0.15) is 0 Å². The molecule has 2 N–H and O–H groups in total. The molecular weight excluding hydrogens is 224 g/mol. The molecule has 2 aliphatic rings. The van der Waals surface area contributed by atoms with Crippen molar-refractivity contribution in [3.63, 3.8) is 0 Å². The van der Waals surface area contributed by atoms with Gasteiger partial charge in [0.05, 0.1) is 12.1 Å². The summed E-state index contributed by atoms with van der Waals surface area (Å²) in [5, 5.41) is 13.1. The van der Waals surface area contributed by atoms with E-state index in [2.05, 4.69) is 24.1 Å². The van der Waals surface area contributed by atoms with Crippen molar-refractivity contribution in [1.29, 1.82) is 0 Å². The lowest BCUT2D eigenvalue weighted by atomic mass is 9.78. The van der Waals surface area contributed by atoms with Crippen molar-refractivity contribution < 1.29 is 5.11 Å². The summed E-state index contributed by atoms with van der Waals surface area (Å²) in [7, 11) is 0. The molecule has 1 aliphatic heterocycles. The van der Waals surface area contributed by atoms with Gasteiger partial charge in [-0.25, -0.2) is 0 Å². The average Bonchev–Trinajstić information content (AvgIpc) is 2.39. The summed E-state index contributed by atoms with van der Waals surface area (Å²) >= 11 is 0. The van der Waals surface area contributed by atoms with Gasteiger partial charge in [0.1, 0.15) is 0 Å². The molecular formula is C15H30N2O. The normalized spacial score (nSPS) is 32.8. The molecule has 0 amide bonds. The maximum Gasteiger partial charge on any atom is 0.0623 e. The molecule has 3 atom stereocenters. The predicted octanol–water partition coefficient (Wildman–Crippen LogP) is 2.00. The van der Waals surface area contributed by atoms with E-state index in [-0.39, 0.29) is 12.1 Å². The monoisotopic (exact) mass is 254 g/mol. The Bertz CT molecular complexity index is 257. The zero-order chi connectivity index (χ0) is 13.0. The Morgan fingerprint density at radius 1 is 1.22 bits per heavy atom. The lowest BCUT2D eigenvalue weighted by molar-refractivity contribution is 0.0256. The van der Waals surface area contributed by atoms with E-state index in [0.717, 1.165) is 25.0 Å². The highest BCUT2D eigenvalue weighted by atomic mass is 16.3. The third-order valence-corrected chi connectivity index (χ3v) is 4.86. The van der Waals surface area contributed by atoms with Gasteiger partial charge < -0.3 is 10.4 Å². The summed E-state index contributed by atoms with van der Waals surface area (Å²) in [4.78, 5) is 2.66. The first-order chi connectivity index (χ1) is 8.68. The van der Waals surface area contributed by atoms with Crippen molar-refractivity contribution in [2.75, 3.05) is 26.2 Å².